The molecule has 0 spiro atoms. The standard InChI is InChI=1S/C8HN5.C5H5N/c9-1-6(2-10)8(5-13)7(3-11)4-12;1-2-4-6-5-3-1/h6H;1-5H. The highest BCUT2D eigenvalue weighted by molar-refractivity contribution is 5.50. The number of nitriles is 5. The summed E-state index contributed by atoms with van der Waals surface area (Å²) in [6.45, 7) is 0. The third kappa shape index (κ3) is 5.28. The summed E-state index contributed by atoms with van der Waals surface area (Å²) in [7, 11) is 0. The molecule has 0 saturated carbocycles. The summed E-state index contributed by atoms with van der Waals surface area (Å²) in [6, 6.07) is 13.1. The van der Waals surface area contributed by atoms with Crippen LogP contribution in [0.15, 0.2) is 41.7 Å². The van der Waals surface area contributed by atoms with E-state index in [1.165, 1.54) is 30.3 Å². The molecule has 0 saturated heterocycles. The number of pyridine rings is 1. The second-order valence-electron chi connectivity index (χ2n) is 2.84. The predicted molar refractivity (Wildman–Crippen MR) is 62.8 cm³/mol. The van der Waals surface area contributed by atoms with E-state index < -0.39 is 17.1 Å². The predicted octanol–water partition coefficient (Wildman–Crippen LogP) is 1.60. The van der Waals surface area contributed by atoms with Gasteiger partial charge in [-0.1, -0.05) is 6.07 Å². The van der Waals surface area contributed by atoms with Crippen molar-refractivity contribution in [3.05, 3.63) is 41.7 Å². The third-order valence-electron chi connectivity index (χ3n) is 1.73. The smallest absolute Gasteiger partial charge is 0.170 e. The number of allylic oxidation sites excluding steroid dienone is 2. The molecule has 1 rings (SSSR count). The maximum Gasteiger partial charge on any atom is 0.170 e. The van der Waals surface area contributed by atoms with E-state index in [1.54, 1.807) is 12.4 Å². The highest BCUT2D eigenvalue weighted by Crippen LogP contribution is 2.12. The van der Waals surface area contributed by atoms with Crippen LogP contribution in [0, 0.1) is 62.6 Å². The van der Waals surface area contributed by atoms with Crippen LogP contribution in [-0.2, 0) is 0 Å². The van der Waals surface area contributed by atoms with Crippen LogP contribution < -0.4 is 0 Å². The first kappa shape index (κ1) is 15.3. The molecule has 1 aromatic heterocycles. The Morgan fingerprint density at radius 2 is 1.32 bits per heavy atom. The van der Waals surface area contributed by atoms with Gasteiger partial charge in [0, 0.05) is 12.4 Å². The van der Waals surface area contributed by atoms with Crippen molar-refractivity contribution in [2.75, 3.05) is 0 Å². The lowest BCUT2D eigenvalue weighted by molar-refractivity contribution is 1.03. The van der Waals surface area contributed by atoms with Gasteiger partial charge in [0.15, 0.2) is 5.92 Å². The van der Waals surface area contributed by atoms with Crippen molar-refractivity contribution in [2.45, 2.75) is 0 Å². The average molecular weight is 246 g/mol. The third-order valence-corrected chi connectivity index (χ3v) is 1.73. The molecule has 0 unspecified atom stereocenters. The number of nitrogens with zero attached hydrogens (tertiary/aromatic N) is 6. The zero-order chi connectivity index (χ0) is 14.5. The van der Waals surface area contributed by atoms with Gasteiger partial charge in [0.1, 0.15) is 17.7 Å². The van der Waals surface area contributed by atoms with E-state index in [9.17, 15) is 0 Å². The van der Waals surface area contributed by atoms with Crippen LogP contribution in [-0.4, -0.2) is 4.98 Å². The number of hydrogen-bond acceptors (Lipinski definition) is 6. The first-order valence-corrected chi connectivity index (χ1v) is 4.83. The van der Waals surface area contributed by atoms with Crippen molar-refractivity contribution in [1.29, 1.82) is 26.3 Å². The zero-order valence-corrected chi connectivity index (χ0v) is 9.65. The lowest BCUT2D eigenvalue weighted by atomic mass is 9.99. The summed E-state index contributed by atoms with van der Waals surface area (Å²) >= 11 is 0. The van der Waals surface area contributed by atoms with Crippen LogP contribution in [0.5, 0.6) is 0 Å². The molecular weight excluding hydrogens is 240 g/mol. The van der Waals surface area contributed by atoms with Crippen molar-refractivity contribution < 1.29 is 0 Å². The lowest BCUT2D eigenvalue weighted by Crippen LogP contribution is -1.99. The van der Waals surface area contributed by atoms with Crippen LogP contribution in [0.3, 0.4) is 0 Å². The van der Waals surface area contributed by atoms with Crippen molar-refractivity contribution in [1.82, 2.24) is 4.98 Å². The van der Waals surface area contributed by atoms with Gasteiger partial charge in [0.2, 0.25) is 0 Å². The Hall–Kier alpha value is -3.66. The second-order valence-corrected chi connectivity index (χ2v) is 2.84. The Labute approximate surface area is 110 Å². The Kier molecular flexibility index (Phi) is 7.72. The fourth-order valence-electron chi connectivity index (χ4n) is 0.881. The van der Waals surface area contributed by atoms with E-state index in [0.717, 1.165) is 0 Å². The molecule has 88 valence electrons. The number of hydrogen-bond donors (Lipinski definition) is 0. The summed E-state index contributed by atoms with van der Waals surface area (Å²) in [5, 5.41) is 42.0. The Bertz CT molecular complexity index is 583. The maximum atomic E-state index is 8.48. The van der Waals surface area contributed by atoms with E-state index in [1.807, 2.05) is 18.2 Å². The van der Waals surface area contributed by atoms with E-state index in [0.29, 0.717) is 0 Å². The van der Waals surface area contributed by atoms with Crippen molar-refractivity contribution >= 4 is 0 Å². The molecule has 6 nitrogen and oxygen atoms in total. The molecule has 0 N–H and O–H groups in total. The van der Waals surface area contributed by atoms with Gasteiger partial charge >= 0.3 is 0 Å². The minimum atomic E-state index is -1.35. The molecule has 0 aliphatic rings. The van der Waals surface area contributed by atoms with Crippen molar-refractivity contribution in [3.8, 4) is 30.3 Å². The van der Waals surface area contributed by atoms with E-state index in [4.69, 9.17) is 26.3 Å². The Morgan fingerprint density at radius 3 is 1.53 bits per heavy atom. The molecule has 0 aliphatic heterocycles. The fourth-order valence-corrected chi connectivity index (χ4v) is 0.881. The molecule has 0 radical (unpaired) electrons. The molecule has 6 heteroatoms. The first-order valence-electron chi connectivity index (χ1n) is 4.83. The SMILES string of the molecule is N#CC(C#N)=C(C#N)C(C#N)C#N.c1ccncc1. The monoisotopic (exact) mass is 246 g/mol. The molecule has 1 aromatic rings. The molecular formula is C13H6N6. The van der Waals surface area contributed by atoms with Gasteiger partial charge in [-0.05, 0) is 12.1 Å². The molecule has 0 atom stereocenters. The van der Waals surface area contributed by atoms with E-state index in [-0.39, 0.29) is 0 Å². The normalized spacial score (nSPS) is 7.16. The van der Waals surface area contributed by atoms with Gasteiger partial charge in [0.25, 0.3) is 0 Å². The van der Waals surface area contributed by atoms with Crippen molar-refractivity contribution in [3.63, 3.8) is 0 Å². The highest BCUT2D eigenvalue weighted by atomic mass is 14.6. The minimum absolute atomic E-state index is 0.394. The van der Waals surface area contributed by atoms with Gasteiger partial charge in [-0.3, -0.25) is 4.98 Å². The topological polar surface area (TPSA) is 132 Å². The van der Waals surface area contributed by atoms with Gasteiger partial charge in [-0.25, -0.2) is 0 Å². The number of aromatic nitrogens is 1. The molecule has 1 heterocycles. The lowest BCUT2D eigenvalue weighted by Gasteiger charge is -1.94. The largest absolute Gasteiger partial charge is 0.265 e. The van der Waals surface area contributed by atoms with Gasteiger partial charge in [-0.15, -0.1) is 0 Å². The van der Waals surface area contributed by atoms with Gasteiger partial charge in [-0.2, -0.15) is 26.3 Å². The van der Waals surface area contributed by atoms with Crippen LogP contribution in [0.2, 0.25) is 0 Å². The molecule has 0 bridgehead atoms. The Balaban J connectivity index is 0.000000443. The second kappa shape index (κ2) is 9.56. The van der Waals surface area contributed by atoms with Crippen LogP contribution in [0.1, 0.15) is 0 Å². The van der Waals surface area contributed by atoms with Crippen LogP contribution >= 0.6 is 0 Å². The Morgan fingerprint density at radius 1 is 0.789 bits per heavy atom. The van der Waals surface area contributed by atoms with Crippen molar-refractivity contribution in [2.24, 2.45) is 5.92 Å². The summed E-state index contributed by atoms with van der Waals surface area (Å²) in [5.41, 5.74) is -0.884. The summed E-state index contributed by atoms with van der Waals surface area (Å²) in [6.07, 6.45) is 3.50. The summed E-state index contributed by atoms with van der Waals surface area (Å²) < 4.78 is 0. The van der Waals surface area contributed by atoms with Crippen LogP contribution in [0.4, 0.5) is 0 Å². The summed E-state index contributed by atoms with van der Waals surface area (Å²) in [4.78, 5) is 3.78. The summed E-state index contributed by atoms with van der Waals surface area (Å²) in [5.74, 6) is -1.35. The maximum absolute atomic E-state index is 8.48. The van der Waals surface area contributed by atoms with Gasteiger partial charge in [0.05, 0.1) is 23.8 Å². The zero-order valence-electron chi connectivity index (χ0n) is 9.65. The molecule has 0 fully saturated rings. The molecule has 19 heavy (non-hydrogen) atoms. The molecule has 0 amide bonds. The van der Waals surface area contributed by atoms with Gasteiger partial charge < -0.3 is 0 Å². The first-order chi connectivity index (χ1) is 9.24. The van der Waals surface area contributed by atoms with E-state index in [2.05, 4.69) is 4.98 Å². The molecule has 0 aromatic carbocycles. The molecule has 0 aliphatic carbocycles. The minimum Gasteiger partial charge on any atom is -0.265 e. The quantitative estimate of drug-likeness (QED) is 0.691. The highest BCUT2D eigenvalue weighted by Gasteiger charge is 2.17. The number of rotatable bonds is 1. The van der Waals surface area contributed by atoms with Crippen LogP contribution in [0.25, 0.3) is 0 Å². The average Bonchev–Trinajstić information content (AvgIpc) is 2.50. The van der Waals surface area contributed by atoms with E-state index >= 15 is 0 Å². The fraction of sp³-hybridized carbons (Fsp3) is 0.0769.